The second-order valence-electron chi connectivity index (χ2n) is 8.40. The molecule has 0 aliphatic carbocycles. The minimum Gasteiger partial charge on any atom is -0.383 e. The Morgan fingerprint density at radius 3 is 2.50 bits per heavy atom. The summed E-state index contributed by atoms with van der Waals surface area (Å²) in [7, 11) is 0. The zero-order chi connectivity index (χ0) is 25.2. The first-order valence-electron chi connectivity index (χ1n) is 10.9. The van der Waals surface area contributed by atoms with Gasteiger partial charge in [0.15, 0.2) is 5.69 Å². The third-order valence-corrected chi connectivity index (χ3v) is 5.27. The van der Waals surface area contributed by atoms with E-state index in [0.29, 0.717) is 12.8 Å². The van der Waals surface area contributed by atoms with Crippen LogP contribution in [0.25, 0.3) is 11.0 Å². The molecule has 0 saturated carbocycles. The number of alkyl halides is 3. The minimum absolute atomic E-state index is 0.00482. The first-order valence-corrected chi connectivity index (χ1v) is 10.9. The van der Waals surface area contributed by atoms with Crippen molar-refractivity contribution < 1.29 is 18.0 Å². The first kappa shape index (κ1) is 25.1. The molecule has 0 aliphatic heterocycles. The summed E-state index contributed by atoms with van der Waals surface area (Å²) in [5.74, 6) is -2.21. The van der Waals surface area contributed by atoms with E-state index in [1.807, 2.05) is 20.8 Å². The first-order chi connectivity index (χ1) is 16.0. The number of carbonyl (C=O) groups excluding carboxylic acids is 1. The Labute approximate surface area is 193 Å². The third-order valence-electron chi connectivity index (χ3n) is 5.27. The number of hydrogen-bond acceptors (Lipinski definition) is 5. The van der Waals surface area contributed by atoms with Gasteiger partial charge in [0.05, 0.1) is 11.0 Å². The largest absolute Gasteiger partial charge is 0.449 e. The highest BCUT2D eigenvalue weighted by Crippen LogP contribution is 2.32. The van der Waals surface area contributed by atoms with Gasteiger partial charge in [-0.2, -0.15) is 13.2 Å². The molecule has 3 aromatic rings. The van der Waals surface area contributed by atoms with Crippen LogP contribution in [0.1, 0.15) is 39.4 Å². The van der Waals surface area contributed by atoms with Crippen molar-refractivity contribution in [2.75, 3.05) is 17.2 Å². The van der Waals surface area contributed by atoms with E-state index in [-0.39, 0.29) is 41.5 Å². The summed E-state index contributed by atoms with van der Waals surface area (Å²) in [6.07, 6.45) is -3.69. The number of H-pyrrole nitrogens is 1. The molecular formula is C22H27F3N6O3. The number of carbonyl (C=O) groups is 1. The number of aromatic amines is 1. The number of amides is 1. The molecule has 2 aromatic heterocycles. The van der Waals surface area contributed by atoms with Crippen LogP contribution in [0, 0.1) is 5.92 Å². The zero-order valence-electron chi connectivity index (χ0n) is 19.1. The predicted molar refractivity (Wildman–Crippen MR) is 123 cm³/mol. The van der Waals surface area contributed by atoms with Crippen molar-refractivity contribution in [1.82, 2.24) is 19.1 Å². The highest BCUT2D eigenvalue weighted by molar-refractivity contribution is 5.96. The molecule has 0 aliphatic rings. The SMILES string of the molecule is CCCCN(C(=O)Cn1c(C(F)(F)F)nc2ccccc21)c1c(N)n(CC(C)C)c(=O)[nH]c1=O. The third kappa shape index (κ3) is 5.00. The number of aromatic nitrogens is 4. The molecule has 0 saturated heterocycles. The van der Waals surface area contributed by atoms with Gasteiger partial charge in [-0.05, 0) is 24.5 Å². The highest BCUT2D eigenvalue weighted by Gasteiger charge is 2.38. The maximum Gasteiger partial charge on any atom is 0.449 e. The minimum atomic E-state index is -4.80. The fourth-order valence-corrected chi connectivity index (χ4v) is 3.73. The van der Waals surface area contributed by atoms with Crippen LogP contribution in [-0.4, -0.2) is 31.6 Å². The average Bonchev–Trinajstić information content (AvgIpc) is 3.12. The molecule has 9 nitrogen and oxygen atoms in total. The second kappa shape index (κ2) is 9.74. The normalized spacial score (nSPS) is 12.0. The topological polar surface area (TPSA) is 119 Å². The summed E-state index contributed by atoms with van der Waals surface area (Å²) in [5, 5.41) is 0. The molecule has 0 bridgehead atoms. The number of para-hydroxylation sites is 2. The van der Waals surface area contributed by atoms with Crippen molar-refractivity contribution in [3.8, 4) is 0 Å². The molecule has 3 rings (SSSR count). The molecule has 0 radical (unpaired) electrons. The van der Waals surface area contributed by atoms with Crippen molar-refractivity contribution >= 4 is 28.4 Å². The van der Waals surface area contributed by atoms with Gasteiger partial charge in [0.1, 0.15) is 12.4 Å². The molecule has 0 spiro atoms. The summed E-state index contributed by atoms with van der Waals surface area (Å²) in [5.41, 5.74) is 4.53. The highest BCUT2D eigenvalue weighted by atomic mass is 19.4. The number of nitrogens with zero attached hydrogens (tertiary/aromatic N) is 4. The molecule has 12 heteroatoms. The lowest BCUT2D eigenvalue weighted by molar-refractivity contribution is -0.147. The van der Waals surface area contributed by atoms with Crippen LogP contribution >= 0.6 is 0 Å². The number of rotatable bonds is 8. The number of nitrogen functional groups attached to an aromatic ring is 1. The molecule has 1 amide bonds. The number of nitrogens with two attached hydrogens (primary N) is 1. The van der Waals surface area contributed by atoms with Crippen LogP contribution in [0.5, 0.6) is 0 Å². The van der Waals surface area contributed by atoms with Crippen molar-refractivity contribution in [3.63, 3.8) is 0 Å². The Morgan fingerprint density at radius 2 is 1.88 bits per heavy atom. The molecule has 0 atom stereocenters. The lowest BCUT2D eigenvalue weighted by Gasteiger charge is -2.25. The maximum absolute atomic E-state index is 13.7. The molecule has 3 N–H and O–H groups in total. The number of nitrogens with one attached hydrogen (secondary N) is 1. The van der Waals surface area contributed by atoms with Crippen LogP contribution in [0.2, 0.25) is 0 Å². The van der Waals surface area contributed by atoms with Crippen LogP contribution < -0.4 is 21.9 Å². The number of hydrogen-bond donors (Lipinski definition) is 2. The number of unbranched alkanes of at least 4 members (excludes halogenated alkanes) is 1. The van der Waals surface area contributed by atoms with E-state index >= 15 is 0 Å². The van der Waals surface area contributed by atoms with Gasteiger partial charge in [-0.15, -0.1) is 0 Å². The smallest absolute Gasteiger partial charge is 0.383 e. The number of fused-ring (bicyclic) bond motifs is 1. The summed E-state index contributed by atoms with van der Waals surface area (Å²) in [6, 6.07) is 5.95. The molecule has 1 aromatic carbocycles. The van der Waals surface area contributed by atoms with Gasteiger partial charge in [0.2, 0.25) is 11.7 Å². The molecule has 0 unspecified atom stereocenters. The monoisotopic (exact) mass is 480 g/mol. The summed E-state index contributed by atoms with van der Waals surface area (Å²) < 4.78 is 43.0. The molecular weight excluding hydrogens is 453 g/mol. The number of halogens is 3. The molecule has 2 heterocycles. The van der Waals surface area contributed by atoms with Gasteiger partial charge < -0.3 is 15.2 Å². The second-order valence-corrected chi connectivity index (χ2v) is 8.40. The number of benzene rings is 1. The van der Waals surface area contributed by atoms with E-state index in [9.17, 15) is 27.6 Å². The van der Waals surface area contributed by atoms with Crippen molar-refractivity contribution in [3.05, 3.63) is 50.9 Å². The molecule has 0 fully saturated rings. The van der Waals surface area contributed by atoms with Gasteiger partial charge in [-0.25, -0.2) is 9.78 Å². The van der Waals surface area contributed by atoms with Crippen molar-refractivity contribution in [2.45, 2.75) is 52.9 Å². The van der Waals surface area contributed by atoms with E-state index in [0.717, 1.165) is 14.0 Å². The number of anilines is 2. The van der Waals surface area contributed by atoms with Crippen LogP contribution in [-0.2, 0) is 24.1 Å². The maximum atomic E-state index is 13.7. The Morgan fingerprint density at radius 1 is 1.21 bits per heavy atom. The van der Waals surface area contributed by atoms with Crippen LogP contribution in [0.4, 0.5) is 24.7 Å². The van der Waals surface area contributed by atoms with Crippen molar-refractivity contribution in [2.24, 2.45) is 5.92 Å². The zero-order valence-corrected chi connectivity index (χ0v) is 19.1. The fraction of sp³-hybridized carbons (Fsp3) is 0.455. The van der Waals surface area contributed by atoms with E-state index in [1.54, 1.807) is 12.1 Å². The quantitative estimate of drug-likeness (QED) is 0.514. The summed E-state index contributed by atoms with van der Waals surface area (Å²) in [6.45, 7) is 5.06. The van der Waals surface area contributed by atoms with Gasteiger partial charge in [0.25, 0.3) is 5.56 Å². The van der Waals surface area contributed by atoms with Crippen LogP contribution in [0.15, 0.2) is 33.9 Å². The Balaban J connectivity index is 2.12. The lowest BCUT2D eigenvalue weighted by Crippen LogP contribution is -2.43. The summed E-state index contributed by atoms with van der Waals surface area (Å²) in [4.78, 5) is 45.3. The van der Waals surface area contributed by atoms with Gasteiger partial charge in [-0.3, -0.25) is 19.1 Å². The van der Waals surface area contributed by atoms with Crippen LogP contribution in [0.3, 0.4) is 0 Å². The summed E-state index contributed by atoms with van der Waals surface area (Å²) >= 11 is 0. The van der Waals surface area contributed by atoms with Gasteiger partial charge in [-0.1, -0.05) is 39.3 Å². The van der Waals surface area contributed by atoms with E-state index < -0.39 is 35.7 Å². The standard InChI is InChI=1S/C22H27F3N6O3/c1-4-5-10-29(17-18(26)31(11-13(2)3)21(34)28-19(17)33)16(32)12-30-15-9-7-6-8-14(15)27-20(30)22(23,24)25/h6-9,13H,4-5,10-12,26H2,1-3H3,(H,28,33,34). The van der Waals surface area contributed by atoms with E-state index in [4.69, 9.17) is 5.73 Å². The number of imidazole rings is 1. The Bertz CT molecular complexity index is 1310. The van der Waals surface area contributed by atoms with E-state index in [1.165, 1.54) is 12.1 Å². The Hall–Kier alpha value is -3.57. The Kier molecular flexibility index (Phi) is 7.18. The average molecular weight is 480 g/mol. The molecule has 34 heavy (non-hydrogen) atoms. The molecule has 184 valence electrons. The lowest BCUT2D eigenvalue weighted by atomic mass is 10.2. The van der Waals surface area contributed by atoms with E-state index in [2.05, 4.69) is 9.97 Å². The van der Waals surface area contributed by atoms with Crippen molar-refractivity contribution in [1.29, 1.82) is 0 Å². The van der Waals surface area contributed by atoms with Gasteiger partial charge >= 0.3 is 11.9 Å². The fourth-order valence-electron chi connectivity index (χ4n) is 3.73. The predicted octanol–water partition coefficient (Wildman–Crippen LogP) is 2.98. The van der Waals surface area contributed by atoms with Gasteiger partial charge in [0, 0.05) is 13.1 Å².